The topological polar surface area (TPSA) is 342 Å². The Morgan fingerprint density at radius 1 is 0.524 bits per heavy atom. The molecule has 0 aliphatic rings. The van der Waals surface area contributed by atoms with Crippen molar-refractivity contribution in [1.29, 1.82) is 0 Å². The van der Waals surface area contributed by atoms with Crippen LogP contribution in [0.4, 0.5) is 0 Å². The van der Waals surface area contributed by atoms with Gasteiger partial charge in [-0.3, -0.25) is 38.4 Å². The van der Waals surface area contributed by atoms with Crippen LogP contribution in [-0.2, 0) is 62.4 Å². The van der Waals surface area contributed by atoms with Crippen molar-refractivity contribution in [2.24, 2.45) is 11.5 Å². The number of carbonyl (C=O) groups excluding carboxylic acids is 6. The van der Waals surface area contributed by atoms with E-state index in [1.165, 1.54) is 0 Å². The Bertz CT molecular complexity index is 2270. The van der Waals surface area contributed by atoms with Gasteiger partial charge in [0.25, 0.3) is 0 Å². The lowest BCUT2D eigenvalue weighted by molar-refractivity contribution is -0.147. The van der Waals surface area contributed by atoms with E-state index in [-0.39, 0.29) is 32.1 Å². The van der Waals surface area contributed by atoms with Crippen LogP contribution in [-0.4, -0.2) is 110 Å². The lowest BCUT2D eigenvalue weighted by Crippen LogP contribution is -2.60. The quantitative estimate of drug-likeness (QED) is 0.0406. The molecule has 6 amide bonds. The summed E-state index contributed by atoms with van der Waals surface area (Å²) >= 11 is 0. The van der Waals surface area contributed by atoms with E-state index in [0.29, 0.717) is 27.6 Å². The molecule has 0 fully saturated rings. The summed E-state index contributed by atoms with van der Waals surface area (Å²) in [6.45, 7) is 0. The molecule has 0 saturated carbocycles. The predicted octanol–water partition coefficient (Wildman–Crippen LogP) is -0.363. The van der Waals surface area contributed by atoms with E-state index in [4.69, 9.17) is 11.5 Å². The predicted molar refractivity (Wildman–Crippen MR) is 225 cm³/mol. The summed E-state index contributed by atoms with van der Waals surface area (Å²) in [5.41, 5.74) is 13.4. The number of nitrogens with two attached hydrogens (primary N) is 2. The second-order valence-electron chi connectivity index (χ2n) is 14.7. The molecule has 0 aliphatic heterocycles. The summed E-state index contributed by atoms with van der Waals surface area (Å²) in [5, 5.41) is 41.5. The first kappa shape index (κ1) is 48.1. The van der Waals surface area contributed by atoms with Crippen LogP contribution in [0, 0.1) is 0 Å². The van der Waals surface area contributed by atoms with E-state index < -0.39 is 109 Å². The molecule has 1 heterocycles. The third-order valence-corrected chi connectivity index (χ3v) is 9.87. The summed E-state index contributed by atoms with van der Waals surface area (Å²) in [7, 11) is 0. The number of fused-ring (bicyclic) bond motifs is 1. The van der Waals surface area contributed by atoms with Crippen molar-refractivity contribution < 1.29 is 58.5 Å². The highest BCUT2D eigenvalue weighted by Crippen LogP contribution is 2.20. The minimum absolute atomic E-state index is 0.150. The summed E-state index contributed by atoms with van der Waals surface area (Å²) in [5.74, 6) is -9.79. The number of benzene rings is 3. The van der Waals surface area contributed by atoms with Crippen molar-refractivity contribution in [3.05, 3.63) is 108 Å². The smallest absolute Gasteiger partial charge is 0.326 e. The number of nitrogens with one attached hydrogen (secondary N) is 6. The van der Waals surface area contributed by atoms with Gasteiger partial charge in [0.1, 0.15) is 30.2 Å². The number of aromatic amines is 1. The van der Waals surface area contributed by atoms with Crippen molar-refractivity contribution in [2.75, 3.05) is 0 Å². The van der Waals surface area contributed by atoms with E-state index in [0.717, 1.165) is 0 Å². The molecule has 63 heavy (non-hydrogen) atoms. The van der Waals surface area contributed by atoms with Gasteiger partial charge in [0, 0.05) is 49.2 Å². The van der Waals surface area contributed by atoms with Crippen LogP contribution in [0.1, 0.15) is 48.8 Å². The lowest BCUT2D eigenvalue weighted by Gasteiger charge is -2.27. The van der Waals surface area contributed by atoms with Gasteiger partial charge in [0.05, 0.1) is 12.5 Å². The van der Waals surface area contributed by atoms with Gasteiger partial charge in [-0.05, 0) is 35.6 Å². The van der Waals surface area contributed by atoms with Gasteiger partial charge >= 0.3 is 17.9 Å². The Labute approximate surface area is 360 Å². The first-order valence-corrected chi connectivity index (χ1v) is 19.9. The van der Waals surface area contributed by atoms with Crippen molar-refractivity contribution in [3.8, 4) is 0 Å². The zero-order chi connectivity index (χ0) is 46.1. The SMILES string of the molecule is NC(=O)CC[C@H](N)C(=O)N[C@@H](CCC(=O)O)C(=O)N[C@@H](Cc1ccccc1)C(=O)N[C@@H](Cc1ccccc1)C(=O)N[C@@H](Cc1c[nH]c2ccccc12)C(=O)N[C@@H](CC(=O)O)C(=O)O. The fourth-order valence-electron chi connectivity index (χ4n) is 6.56. The molecule has 0 bridgehead atoms. The van der Waals surface area contributed by atoms with E-state index in [1.54, 1.807) is 91.1 Å². The molecule has 0 spiro atoms. The number of hydrogen-bond acceptors (Lipinski definition) is 10. The molecule has 0 saturated heterocycles. The third-order valence-electron chi connectivity index (χ3n) is 9.87. The zero-order valence-electron chi connectivity index (χ0n) is 34.0. The molecule has 1 aromatic heterocycles. The highest BCUT2D eigenvalue weighted by Gasteiger charge is 2.34. The minimum Gasteiger partial charge on any atom is -0.481 e. The molecule has 20 heteroatoms. The van der Waals surface area contributed by atoms with Crippen molar-refractivity contribution in [1.82, 2.24) is 31.6 Å². The van der Waals surface area contributed by atoms with E-state index in [9.17, 15) is 58.5 Å². The van der Waals surface area contributed by atoms with Gasteiger partial charge < -0.3 is 58.4 Å². The van der Waals surface area contributed by atoms with Gasteiger partial charge in [0.15, 0.2) is 0 Å². The molecule has 4 rings (SSSR count). The molecule has 0 aliphatic carbocycles. The fraction of sp³-hybridized carbons (Fsp3) is 0.326. The number of para-hydroxylation sites is 1. The molecule has 4 aromatic rings. The normalized spacial score (nSPS) is 13.8. The maximum Gasteiger partial charge on any atom is 0.326 e. The highest BCUT2D eigenvalue weighted by atomic mass is 16.4. The number of rotatable bonds is 25. The Balaban J connectivity index is 1.66. The standard InChI is InChI=1S/C43H50N8O12/c44-28(15-17-35(45)52)38(57)47-30(16-18-36(53)54)39(58)48-31(19-24-9-3-1-4-10-24)40(59)49-32(20-25-11-5-2-6-12-25)41(60)50-33(42(61)51-34(43(62)63)22-37(55)56)21-26-23-46-29-14-8-7-13-27(26)29/h1-14,23,28,30-34,46H,15-22,44H2,(H2,45,52)(H,47,57)(H,48,58)(H,49,59)(H,50,60)(H,51,61)(H,53,54)(H,55,56)(H,62,63)/t28-,30-,31-,32-,33-,34-/m0/s1. The maximum atomic E-state index is 14.4. The number of amides is 6. The molecule has 20 nitrogen and oxygen atoms in total. The number of carboxylic acids is 3. The zero-order valence-corrected chi connectivity index (χ0v) is 34.0. The number of hydrogen-bond donors (Lipinski definition) is 11. The Morgan fingerprint density at radius 2 is 0.984 bits per heavy atom. The van der Waals surface area contributed by atoms with Gasteiger partial charge in [-0.15, -0.1) is 0 Å². The lowest BCUT2D eigenvalue weighted by atomic mass is 10.00. The van der Waals surface area contributed by atoms with E-state index in [2.05, 4.69) is 31.6 Å². The van der Waals surface area contributed by atoms with Gasteiger partial charge in [-0.1, -0.05) is 78.9 Å². The fourth-order valence-corrected chi connectivity index (χ4v) is 6.56. The molecule has 334 valence electrons. The van der Waals surface area contributed by atoms with Crippen LogP contribution in [0.25, 0.3) is 10.9 Å². The van der Waals surface area contributed by atoms with Gasteiger partial charge in [-0.2, -0.15) is 0 Å². The summed E-state index contributed by atoms with van der Waals surface area (Å²) in [6.07, 6.45) is -1.24. The molecular formula is C43H50N8O12. The van der Waals surface area contributed by atoms with Gasteiger partial charge in [0.2, 0.25) is 35.4 Å². The summed E-state index contributed by atoms with van der Waals surface area (Å²) in [4.78, 5) is 119. The largest absolute Gasteiger partial charge is 0.481 e. The van der Waals surface area contributed by atoms with Crippen molar-refractivity contribution >= 4 is 64.3 Å². The number of carbonyl (C=O) groups is 9. The molecule has 13 N–H and O–H groups in total. The average Bonchev–Trinajstić information content (AvgIpc) is 3.65. The van der Waals surface area contributed by atoms with Crippen LogP contribution < -0.4 is 38.1 Å². The number of H-pyrrole nitrogens is 1. The summed E-state index contributed by atoms with van der Waals surface area (Å²) < 4.78 is 0. The van der Waals surface area contributed by atoms with Crippen LogP contribution >= 0.6 is 0 Å². The Morgan fingerprint density at radius 3 is 1.48 bits per heavy atom. The Kier molecular flexibility index (Phi) is 17.9. The monoisotopic (exact) mass is 870 g/mol. The van der Waals surface area contributed by atoms with E-state index >= 15 is 0 Å². The van der Waals surface area contributed by atoms with Crippen LogP contribution in [0.2, 0.25) is 0 Å². The Hall–Kier alpha value is -7.61. The number of aliphatic carboxylic acids is 3. The number of aromatic nitrogens is 1. The van der Waals surface area contributed by atoms with Crippen LogP contribution in [0.5, 0.6) is 0 Å². The minimum atomic E-state index is -1.85. The molecule has 3 aromatic carbocycles. The maximum absolute atomic E-state index is 14.4. The first-order valence-electron chi connectivity index (χ1n) is 19.9. The highest BCUT2D eigenvalue weighted by molar-refractivity contribution is 5.97. The second kappa shape index (κ2) is 23.4. The van der Waals surface area contributed by atoms with Crippen molar-refractivity contribution in [2.45, 2.75) is 87.6 Å². The molecule has 0 unspecified atom stereocenters. The molecule has 0 radical (unpaired) electrons. The average molecular weight is 871 g/mol. The molecular weight excluding hydrogens is 821 g/mol. The molecule has 6 atom stereocenters. The van der Waals surface area contributed by atoms with Crippen LogP contribution in [0.3, 0.4) is 0 Å². The number of carboxylic acid groups (broad SMARTS) is 3. The third kappa shape index (κ3) is 15.4. The van der Waals surface area contributed by atoms with E-state index in [1.807, 2.05) is 0 Å². The number of primary amides is 1. The van der Waals surface area contributed by atoms with Gasteiger partial charge in [-0.25, -0.2) is 4.79 Å². The second-order valence-corrected chi connectivity index (χ2v) is 14.7. The first-order chi connectivity index (χ1) is 30.0. The van der Waals surface area contributed by atoms with Crippen molar-refractivity contribution in [3.63, 3.8) is 0 Å². The summed E-state index contributed by atoms with van der Waals surface area (Å²) in [6, 6.07) is 14.9. The van der Waals surface area contributed by atoms with Crippen LogP contribution in [0.15, 0.2) is 91.1 Å².